The van der Waals surface area contributed by atoms with Crippen molar-refractivity contribution >= 4 is 22.3 Å². The first-order chi connectivity index (χ1) is 10.5. The fraction of sp³-hybridized carbons (Fsp3) is 0.429. The van der Waals surface area contributed by atoms with Gasteiger partial charge in [0.15, 0.2) is 0 Å². The first-order valence-corrected chi connectivity index (χ1v) is 7.43. The van der Waals surface area contributed by atoms with Crippen molar-refractivity contribution in [1.29, 1.82) is 5.26 Å². The Hall–Kier alpha value is -2.21. The molecule has 5 nitrogen and oxygen atoms in total. The quantitative estimate of drug-likeness (QED) is 0.909. The summed E-state index contributed by atoms with van der Waals surface area (Å²) >= 11 is 1.25. The Kier molecular flexibility index (Phi) is 4.30. The first-order valence-electron chi connectivity index (χ1n) is 6.61. The summed E-state index contributed by atoms with van der Waals surface area (Å²) in [5, 5.41) is 13.2. The van der Waals surface area contributed by atoms with E-state index in [4.69, 9.17) is 5.26 Å². The van der Waals surface area contributed by atoms with Gasteiger partial charge in [-0.2, -0.15) is 18.4 Å². The van der Waals surface area contributed by atoms with Crippen LogP contribution in [-0.4, -0.2) is 15.0 Å². The molecule has 0 atom stereocenters. The Labute approximate surface area is 135 Å². The van der Waals surface area contributed by atoms with Crippen LogP contribution >= 0.6 is 11.3 Å². The van der Waals surface area contributed by atoms with Crippen molar-refractivity contribution in [2.45, 2.75) is 39.3 Å². The summed E-state index contributed by atoms with van der Waals surface area (Å²) in [7, 11) is 0. The van der Waals surface area contributed by atoms with E-state index in [1.54, 1.807) is 20.8 Å². The lowest BCUT2D eigenvalue weighted by Crippen LogP contribution is -2.13. The lowest BCUT2D eigenvalue weighted by atomic mass is 9.97. The van der Waals surface area contributed by atoms with Crippen molar-refractivity contribution in [3.8, 4) is 6.07 Å². The van der Waals surface area contributed by atoms with Gasteiger partial charge in [-0.1, -0.05) is 11.3 Å². The molecule has 0 unspecified atom stereocenters. The highest BCUT2D eigenvalue weighted by Gasteiger charge is 2.33. The highest BCUT2D eigenvalue weighted by molar-refractivity contribution is 7.16. The van der Waals surface area contributed by atoms with Gasteiger partial charge in [0.1, 0.15) is 15.4 Å². The van der Waals surface area contributed by atoms with Gasteiger partial charge in [-0.15, -0.1) is 0 Å². The molecular formula is C14H14F3N5S. The summed E-state index contributed by atoms with van der Waals surface area (Å²) in [5.74, 6) is 0.0589. The van der Waals surface area contributed by atoms with Crippen LogP contribution in [0.2, 0.25) is 0 Å². The molecule has 0 aliphatic rings. The number of nitrogens with one attached hydrogen (secondary N) is 1. The minimum absolute atomic E-state index is 0.0589. The van der Waals surface area contributed by atoms with Gasteiger partial charge >= 0.3 is 6.18 Å². The Morgan fingerprint density at radius 3 is 2.35 bits per heavy atom. The third-order valence-corrected chi connectivity index (χ3v) is 4.52. The van der Waals surface area contributed by atoms with E-state index in [2.05, 4.69) is 26.3 Å². The van der Waals surface area contributed by atoms with E-state index in [0.29, 0.717) is 15.7 Å². The van der Waals surface area contributed by atoms with Gasteiger partial charge in [-0.3, -0.25) is 0 Å². The van der Waals surface area contributed by atoms with Gasteiger partial charge in [-0.05, 0) is 27.7 Å². The van der Waals surface area contributed by atoms with Crippen LogP contribution in [-0.2, 0) is 11.6 Å². The Morgan fingerprint density at radius 1 is 1.17 bits per heavy atom. The van der Waals surface area contributed by atoms with Crippen LogP contribution in [0.3, 0.4) is 0 Å². The summed E-state index contributed by atoms with van der Waals surface area (Å²) in [5.41, 5.74) is -1.13. The van der Waals surface area contributed by atoms with Crippen molar-refractivity contribution in [3.05, 3.63) is 28.2 Å². The lowest BCUT2D eigenvalue weighted by Gasteiger charge is -2.11. The fourth-order valence-corrected chi connectivity index (χ4v) is 2.75. The van der Waals surface area contributed by atoms with Crippen LogP contribution in [0.15, 0.2) is 6.20 Å². The topological polar surface area (TPSA) is 74.5 Å². The second-order valence-corrected chi connectivity index (χ2v) is 6.48. The molecule has 0 spiro atoms. The SMILES string of the molecule is Cc1nc(Nc2sc(C(C)(C)C#N)nc2C)ncc1C(F)(F)F. The molecule has 0 aliphatic carbocycles. The molecule has 23 heavy (non-hydrogen) atoms. The van der Waals surface area contributed by atoms with Crippen molar-refractivity contribution in [3.63, 3.8) is 0 Å². The summed E-state index contributed by atoms with van der Waals surface area (Å²) in [6.45, 7) is 6.51. The normalized spacial score (nSPS) is 12.1. The molecule has 0 aliphatic heterocycles. The third kappa shape index (κ3) is 3.59. The molecule has 2 aromatic rings. The third-order valence-electron chi connectivity index (χ3n) is 3.12. The average Bonchev–Trinajstić information content (AvgIpc) is 2.79. The van der Waals surface area contributed by atoms with E-state index in [1.165, 1.54) is 18.3 Å². The van der Waals surface area contributed by atoms with Crippen LogP contribution in [0, 0.1) is 25.2 Å². The minimum Gasteiger partial charge on any atom is -0.314 e. The molecular weight excluding hydrogens is 327 g/mol. The number of hydrogen-bond acceptors (Lipinski definition) is 6. The minimum atomic E-state index is -4.48. The Bertz CT molecular complexity index is 774. The Morgan fingerprint density at radius 2 is 1.83 bits per heavy atom. The van der Waals surface area contributed by atoms with E-state index in [-0.39, 0.29) is 11.6 Å². The molecule has 0 radical (unpaired) electrons. The summed E-state index contributed by atoms with van der Waals surface area (Å²) in [4.78, 5) is 11.9. The van der Waals surface area contributed by atoms with Gasteiger partial charge in [0, 0.05) is 6.20 Å². The monoisotopic (exact) mass is 341 g/mol. The molecule has 0 saturated carbocycles. The Balaban J connectivity index is 2.31. The maximum atomic E-state index is 12.7. The molecule has 0 fully saturated rings. The molecule has 122 valence electrons. The number of nitriles is 1. The molecule has 9 heteroatoms. The van der Waals surface area contributed by atoms with Crippen molar-refractivity contribution in [2.75, 3.05) is 5.32 Å². The fourth-order valence-electron chi connectivity index (χ4n) is 1.73. The second kappa shape index (κ2) is 5.77. The molecule has 2 rings (SSSR count). The molecule has 0 saturated heterocycles. The van der Waals surface area contributed by atoms with Crippen molar-refractivity contribution in [2.24, 2.45) is 0 Å². The number of nitrogens with zero attached hydrogens (tertiary/aromatic N) is 4. The zero-order chi connectivity index (χ0) is 17.4. The molecule has 2 aromatic heterocycles. The number of aromatic nitrogens is 3. The summed E-state index contributed by atoms with van der Waals surface area (Å²) < 4.78 is 38.1. The number of thiazole rings is 1. The molecule has 1 N–H and O–H groups in total. The smallest absolute Gasteiger partial charge is 0.314 e. The van der Waals surface area contributed by atoms with E-state index in [9.17, 15) is 13.2 Å². The number of halogens is 3. The molecule has 2 heterocycles. The predicted octanol–water partition coefficient (Wildman–Crippen LogP) is 4.11. The predicted molar refractivity (Wildman–Crippen MR) is 80.5 cm³/mol. The van der Waals surface area contributed by atoms with Crippen LogP contribution in [0.1, 0.15) is 35.8 Å². The molecule has 0 bridgehead atoms. The highest BCUT2D eigenvalue weighted by atomic mass is 32.1. The van der Waals surface area contributed by atoms with E-state index >= 15 is 0 Å². The van der Waals surface area contributed by atoms with Crippen molar-refractivity contribution < 1.29 is 13.2 Å². The van der Waals surface area contributed by atoms with Gasteiger partial charge in [0.2, 0.25) is 5.95 Å². The number of aryl methyl sites for hydroxylation is 2. The standard InChI is InChI=1S/C14H14F3N5S/c1-7-9(14(15,16)17)5-19-12(21-7)22-10-8(2)20-11(23-10)13(3,4)6-18/h5H,1-4H3,(H,19,21,22). The van der Waals surface area contributed by atoms with E-state index < -0.39 is 17.2 Å². The number of anilines is 2. The van der Waals surface area contributed by atoms with Gasteiger partial charge < -0.3 is 5.32 Å². The van der Waals surface area contributed by atoms with Gasteiger partial charge in [-0.25, -0.2) is 15.0 Å². The molecule has 0 aromatic carbocycles. The summed E-state index contributed by atoms with van der Waals surface area (Å²) in [6.07, 6.45) is -3.73. The number of hydrogen-bond donors (Lipinski definition) is 1. The van der Waals surface area contributed by atoms with Crippen molar-refractivity contribution in [1.82, 2.24) is 15.0 Å². The summed E-state index contributed by atoms with van der Waals surface area (Å²) in [6, 6.07) is 2.16. The van der Waals surface area contributed by atoms with Gasteiger partial charge in [0.25, 0.3) is 0 Å². The highest BCUT2D eigenvalue weighted by Crippen LogP contribution is 2.34. The van der Waals surface area contributed by atoms with Gasteiger partial charge in [0.05, 0.1) is 23.0 Å². The second-order valence-electron chi connectivity index (χ2n) is 5.49. The van der Waals surface area contributed by atoms with E-state index in [0.717, 1.165) is 6.20 Å². The zero-order valence-electron chi connectivity index (χ0n) is 12.9. The maximum Gasteiger partial charge on any atom is 0.419 e. The largest absolute Gasteiger partial charge is 0.419 e. The van der Waals surface area contributed by atoms with Crippen LogP contribution < -0.4 is 5.32 Å². The van der Waals surface area contributed by atoms with E-state index in [1.807, 2.05) is 0 Å². The first kappa shape index (κ1) is 17.1. The van der Waals surface area contributed by atoms with Crippen LogP contribution in [0.4, 0.5) is 24.1 Å². The maximum absolute atomic E-state index is 12.7. The van der Waals surface area contributed by atoms with Crippen LogP contribution in [0.25, 0.3) is 0 Å². The lowest BCUT2D eigenvalue weighted by molar-refractivity contribution is -0.138. The average molecular weight is 341 g/mol. The number of alkyl halides is 3. The molecule has 0 amide bonds. The zero-order valence-corrected chi connectivity index (χ0v) is 13.7. The van der Waals surface area contributed by atoms with Crippen LogP contribution in [0.5, 0.6) is 0 Å². The number of rotatable bonds is 3.